The van der Waals surface area contributed by atoms with E-state index in [1.54, 1.807) is 0 Å². The number of imide groups is 1. The van der Waals surface area contributed by atoms with Crippen molar-refractivity contribution >= 4 is 17.6 Å². The Hall–Kier alpha value is -1.85. The molecule has 0 radical (unpaired) electrons. The summed E-state index contributed by atoms with van der Waals surface area (Å²) in [4.78, 5) is 28.4. The highest BCUT2D eigenvalue weighted by Gasteiger charge is 2.20. The predicted molar refractivity (Wildman–Crippen MR) is 39.6 cm³/mol. The van der Waals surface area contributed by atoms with Gasteiger partial charge in [-0.15, -0.1) is 0 Å². The number of imidazole rings is 1. The topological polar surface area (TPSA) is 86.9 Å². The summed E-state index contributed by atoms with van der Waals surface area (Å²) in [6.45, 7) is 0.0730. The molecule has 2 heterocycles. The highest BCUT2D eigenvalue weighted by molar-refractivity contribution is 6.08. The van der Waals surface area contributed by atoms with Crippen LogP contribution in [0.3, 0.4) is 0 Å². The highest BCUT2D eigenvalue weighted by atomic mass is 16.2. The van der Waals surface area contributed by atoms with Gasteiger partial charge in [0.2, 0.25) is 5.91 Å². The molecular formula is C6H6N4O2. The van der Waals surface area contributed by atoms with Crippen LogP contribution in [-0.2, 0) is 4.79 Å². The van der Waals surface area contributed by atoms with Crippen molar-refractivity contribution in [2.45, 2.75) is 0 Å². The lowest BCUT2D eigenvalue weighted by Crippen LogP contribution is -2.31. The van der Waals surface area contributed by atoms with E-state index in [1.165, 1.54) is 6.33 Å². The van der Waals surface area contributed by atoms with Crippen LogP contribution in [0.1, 0.15) is 10.5 Å². The second-order valence-electron chi connectivity index (χ2n) is 2.36. The quantitative estimate of drug-likeness (QED) is 0.435. The second kappa shape index (κ2) is 2.33. The van der Waals surface area contributed by atoms with E-state index in [0.717, 1.165) is 0 Å². The Balaban J connectivity index is 2.41. The number of anilines is 1. The molecule has 0 unspecified atom stereocenters. The Morgan fingerprint density at radius 1 is 1.42 bits per heavy atom. The number of nitrogens with one attached hydrogen (secondary N) is 3. The van der Waals surface area contributed by atoms with Crippen LogP contribution in [0.2, 0.25) is 0 Å². The van der Waals surface area contributed by atoms with Crippen molar-refractivity contribution in [3.8, 4) is 0 Å². The van der Waals surface area contributed by atoms with Crippen LogP contribution in [0, 0.1) is 0 Å². The van der Waals surface area contributed by atoms with E-state index < -0.39 is 5.91 Å². The third-order valence-corrected chi connectivity index (χ3v) is 1.54. The fraction of sp³-hybridized carbons (Fsp3) is 0.167. The van der Waals surface area contributed by atoms with E-state index in [4.69, 9.17) is 0 Å². The molecule has 1 aliphatic heterocycles. The number of hydrogen-bond acceptors (Lipinski definition) is 4. The third kappa shape index (κ3) is 0.931. The number of H-pyrrole nitrogens is 1. The number of rotatable bonds is 0. The molecule has 1 aromatic heterocycles. The van der Waals surface area contributed by atoms with Gasteiger partial charge in [-0.1, -0.05) is 0 Å². The summed E-state index contributed by atoms with van der Waals surface area (Å²) < 4.78 is 0. The van der Waals surface area contributed by atoms with Crippen molar-refractivity contribution in [1.82, 2.24) is 15.3 Å². The van der Waals surface area contributed by atoms with Gasteiger partial charge in [0.1, 0.15) is 5.69 Å². The first-order valence-electron chi connectivity index (χ1n) is 3.39. The van der Waals surface area contributed by atoms with Gasteiger partial charge < -0.3 is 10.3 Å². The minimum atomic E-state index is -0.447. The fourth-order valence-corrected chi connectivity index (χ4v) is 0.999. The van der Waals surface area contributed by atoms with Crippen LogP contribution >= 0.6 is 0 Å². The number of carbonyl (C=O) groups excluding carboxylic acids is 2. The molecule has 62 valence electrons. The van der Waals surface area contributed by atoms with Gasteiger partial charge in [-0.05, 0) is 0 Å². The SMILES string of the molecule is O=C1CNc2nc[nH]c2C(=O)N1. The molecule has 0 bridgehead atoms. The molecule has 0 saturated carbocycles. The van der Waals surface area contributed by atoms with Crippen molar-refractivity contribution in [3.63, 3.8) is 0 Å². The number of aromatic amines is 1. The lowest BCUT2D eigenvalue weighted by Gasteiger charge is -1.94. The van der Waals surface area contributed by atoms with Crippen LogP contribution in [-0.4, -0.2) is 28.3 Å². The number of amides is 2. The lowest BCUT2D eigenvalue weighted by atomic mass is 10.4. The van der Waals surface area contributed by atoms with Crippen molar-refractivity contribution in [3.05, 3.63) is 12.0 Å². The molecule has 6 nitrogen and oxygen atoms in total. The summed E-state index contributed by atoms with van der Waals surface area (Å²) in [5, 5.41) is 4.88. The van der Waals surface area contributed by atoms with E-state index in [9.17, 15) is 9.59 Å². The monoisotopic (exact) mass is 166 g/mol. The molecule has 12 heavy (non-hydrogen) atoms. The molecule has 0 atom stereocenters. The van der Waals surface area contributed by atoms with Crippen molar-refractivity contribution in [2.75, 3.05) is 11.9 Å². The average molecular weight is 166 g/mol. The summed E-state index contributed by atoms with van der Waals surface area (Å²) in [7, 11) is 0. The van der Waals surface area contributed by atoms with Crippen molar-refractivity contribution in [1.29, 1.82) is 0 Å². The predicted octanol–water partition coefficient (Wildman–Crippen LogP) is -0.908. The summed E-state index contributed by atoms with van der Waals surface area (Å²) >= 11 is 0. The van der Waals surface area contributed by atoms with Crippen LogP contribution in [0.25, 0.3) is 0 Å². The number of fused-ring (bicyclic) bond motifs is 1. The fourth-order valence-electron chi connectivity index (χ4n) is 0.999. The van der Waals surface area contributed by atoms with Crippen LogP contribution in [0.4, 0.5) is 5.82 Å². The molecular weight excluding hydrogens is 160 g/mol. The first-order valence-corrected chi connectivity index (χ1v) is 3.39. The van der Waals surface area contributed by atoms with Crippen LogP contribution < -0.4 is 10.6 Å². The third-order valence-electron chi connectivity index (χ3n) is 1.54. The van der Waals surface area contributed by atoms with Gasteiger partial charge in [-0.2, -0.15) is 0 Å². The van der Waals surface area contributed by atoms with Gasteiger partial charge in [0.15, 0.2) is 5.82 Å². The largest absolute Gasteiger partial charge is 0.359 e. The first kappa shape index (κ1) is 6.84. The number of carbonyl (C=O) groups is 2. The van der Waals surface area contributed by atoms with Crippen molar-refractivity contribution in [2.24, 2.45) is 0 Å². The molecule has 2 amide bonds. The summed E-state index contributed by atoms with van der Waals surface area (Å²) in [5.41, 5.74) is 0.292. The molecule has 2 rings (SSSR count). The molecule has 3 N–H and O–H groups in total. The molecule has 0 aliphatic carbocycles. The van der Waals surface area contributed by atoms with E-state index in [0.29, 0.717) is 11.5 Å². The molecule has 1 aliphatic rings. The van der Waals surface area contributed by atoms with E-state index in [-0.39, 0.29) is 12.5 Å². The maximum absolute atomic E-state index is 11.1. The molecule has 0 saturated heterocycles. The molecule has 0 aromatic carbocycles. The minimum Gasteiger partial charge on any atom is -0.359 e. The Bertz CT molecular complexity index is 343. The highest BCUT2D eigenvalue weighted by Crippen LogP contribution is 2.10. The van der Waals surface area contributed by atoms with E-state index in [2.05, 4.69) is 20.6 Å². The molecule has 1 aromatic rings. The Morgan fingerprint density at radius 2 is 2.25 bits per heavy atom. The van der Waals surface area contributed by atoms with Gasteiger partial charge in [-0.25, -0.2) is 4.98 Å². The van der Waals surface area contributed by atoms with Gasteiger partial charge >= 0.3 is 0 Å². The second-order valence-corrected chi connectivity index (χ2v) is 2.36. The average Bonchev–Trinajstić information content (AvgIpc) is 2.43. The van der Waals surface area contributed by atoms with Crippen LogP contribution in [0.15, 0.2) is 6.33 Å². The Kier molecular flexibility index (Phi) is 1.33. The summed E-state index contributed by atoms with van der Waals surface area (Å²) in [5.74, 6) is -0.387. The normalized spacial score (nSPS) is 16.0. The maximum Gasteiger partial charge on any atom is 0.278 e. The van der Waals surface area contributed by atoms with Crippen LogP contribution in [0.5, 0.6) is 0 Å². The minimum absolute atomic E-state index is 0.0730. The molecule has 0 fully saturated rings. The van der Waals surface area contributed by atoms with Gasteiger partial charge in [0, 0.05) is 0 Å². The smallest absolute Gasteiger partial charge is 0.278 e. The van der Waals surface area contributed by atoms with Crippen molar-refractivity contribution < 1.29 is 9.59 Å². The number of aromatic nitrogens is 2. The first-order chi connectivity index (χ1) is 5.77. The Labute approximate surface area is 67.4 Å². The number of nitrogens with zero attached hydrogens (tertiary/aromatic N) is 1. The number of hydrogen-bond donors (Lipinski definition) is 3. The zero-order valence-electron chi connectivity index (χ0n) is 6.05. The standard InChI is InChI=1S/C6H6N4O2/c11-3-1-7-5-4(6(12)10-3)8-2-9-5/h2,7H,1H2,(H,8,9)(H,10,11,12). The maximum atomic E-state index is 11.1. The molecule has 6 heteroatoms. The molecule has 0 spiro atoms. The van der Waals surface area contributed by atoms with Gasteiger partial charge in [0.05, 0.1) is 12.9 Å². The zero-order chi connectivity index (χ0) is 8.55. The van der Waals surface area contributed by atoms with E-state index >= 15 is 0 Å². The zero-order valence-corrected chi connectivity index (χ0v) is 6.05. The lowest BCUT2D eigenvalue weighted by molar-refractivity contribution is -0.118. The van der Waals surface area contributed by atoms with Gasteiger partial charge in [-0.3, -0.25) is 14.9 Å². The van der Waals surface area contributed by atoms with E-state index in [1.807, 2.05) is 0 Å². The summed E-state index contributed by atoms with van der Waals surface area (Å²) in [6, 6.07) is 0. The van der Waals surface area contributed by atoms with Gasteiger partial charge in [0.25, 0.3) is 5.91 Å². The Morgan fingerprint density at radius 3 is 3.08 bits per heavy atom. The summed E-state index contributed by atoms with van der Waals surface area (Å²) in [6.07, 6.45) is 1.40.